The van der Waals surface area contributed by atoms with Gasteiger partial charge in [-0.3, -0.25) is 19.7 Å². The molecule has 8 nitrogen and oxygen atoms in total. The number of ether oxygens (including phenoxy) is 1. The van der Waals surface area contributed by atoms with Crippen molar-refractivity contribution in [1.29, 1.82) is 0 Å². The minimum atomic E-state index is -0.999. The molecule has 1 aliphatic carbocycles. The lowest BCUT2D eigenvalue weighted by molar-refractivity contribution is -0.384. The van der Waals surface area contributed by atoms with Gasteiger partial charge in [-0.05, 0) is 12.5 Å². The lowest BCUT2D eigenvalue weighted by Crippen LogP contribution is -2.17. The molecule has 0 aromatic heterocycles. The third kappa shape index (κ3) is 2.68. The molecular weight excluding hydrogens is 268 g/mol. The number of nitro benzene ring substituents is 1. The van der Waals surface area contributed by atoms with E-state index in [-0.39, 0.29) is 17.1 Å². The number of carboxylic acids is 1. The molecule has 1 aliphatic rings. The van der Waals surface area contributed by atoms with Crippen LogP contribution in [0, 0.1) is 22.0 Å². The molecule has 1 saturated carbocycles. The van der Waals surface area contributed by atoms with Gasteiger partial charge >= 0.3 is 5.97 Å². The van der Waals surface area contributed by atoms with E-state index in [0.29, 0.717) is 6.42 Å². The van der Waals surface area contributed by atoms with Crippen LogP contribution in [0.25, 0.3) is 0 Å². The fourth-order valence-corrected chi connectivity index (χ4v) is 1.88. The summed E-state index contributed by atoms with van der Waals surface area (Å²) >= 11 is 0. The van der Waals surface area contributed by atoms with Crippen LogP contribution in [0.15, 0.2) is 18.2 Å². The molecule has 8 heteroatoms. The lowest BCUT2D eigenvalue weighted by Gasteiger charge is -2.09. The van der Waals surface area contributed by atoms with E-state index in [2.05, 4.69) is 5.32 Å². The first kappa shape index (κ1) is 13.8. The number of benzene rings is 1. The van der Waals surface area contributed by atoms with E-state index in [0.717, 1.165) is 0 Å². The molecule has 2 atom stereocenters. The van der Waals surface area contributed by atoms with Crippen molar-refractivity contribution >= 4 is 23.3 Å². The number of nitro groups is 1. The van der Waals surface area contributed by atoms with Crippen LogP contribution in [0.2, 0.25) is 0 Å². The summed E-state index contributed by atoms with van der Waals surface area (Å²) in [7, 11) is 1.33. The number of hydrogen-bond donors (Lipinski definition) is 2. The molecule has 2 unspecified atom stereocenters. The molecule has 1 fully saturated rings. The fourth-order valence-electron chi connectivity index (χ4n) is 1.88. The third-order valence-corrected chi connectivity index (χ3v) is 3.10. The quantitative estimate of drug-likeness (QED) is 0.619. The number of rotatable bonds is 5. The minimum absolute atomic E-state index is 0.153. The summed E-state index contributed by atoms with van der Waals surface area (Å²) in [5, 5.41) is 21.9. The zero-order valence-corrected chi connectivity index (χ0v) is 10.5. The first-order valence-corrected chi connectivity index (χ1v) is 5.80. The van der Waals surface area contributed by atoms with Crippen LogP contribution in [-0.2, 0) is 9.59 Å². The highest BCUT2D eigenvalue weighted by Crippen LogP contribution is 2.40. The number of methoxy groups -OCH3 is 1. The second-order valence-corrected chi connectivity index (χ2v) is 4.42. The Morgan fingerprint density at radius 2 is 2.15 bits per heavy atom. The van der Waals surface area contributed by atoms with Gasteiger partial charge in [0, 0.05) is 6.07 Å². The van der Waals surface area contributed by atoms with E-state index in [1.165, 1.54) is 25.3 Å². The van der Waals surface area contributed by atoms with Crippen LogP contribution >= 0.6 is 0 Å². The van der Waals surface area contributed by atoms with Crippen LogP contribution in [0.5, 0.6) is 5.75 Å². The van der Waals surface area contributed by atoms with Gasteiger partial charge in [0.25, 0.3) is 5.69 Å². The molecule has 106 valence electrons. The number of non-ortho nitro benzene ring substituents is 1. The number of carbonyl (C=O) groups excluding carboxylic acids is 1. The van der Waals surface area contributed by atoms with Gasteiger partial charge in [0.2, 0.25) is 5.91 Å². The van der Waals surface area contributed by atoms with Crippen LogP contribution in [0.1, 0.15) is 6.42 Å². The van der Waals surface area contributed by atoms with E-state index in [1.807, 2.05) is 0 Å². The molecule has 0 heterocycles. The number of nitrogens with one attached hydrogen (secondary N) is 1. The molecule has 20 heavy (non-hydrogen) atoms. The maximum absolute atomic E-state index is 11.8. The smallest absolute Gasteiger partial charge is 0.307 e. The van der Waals surface area contributed by atoms with Crippen molar-refractivity contribution in [1.82, 2.24) is 0 Å². The molecule has 0 radical (unpaired) electrons. The zero-order valence-electron chi connectivity index (χ0n) is 10.5. The summed E-state index contributed by atoms with van der Waals surface area (Å²) in [6.07, 6.45) is 0.302. The van der Waals surface area contributed by atoms with Crippen molar-refractivity contribution < 1.29 is 24.4 Å². The van der Waals surface area contributed by atoms with Gasteiger partial charge in [-0.25, -0.2) is 0 Å². The van der Waals surface area contributed by atoms with Crippen molar-refractivity contribution in [3.63, 3.8) is 0 Å². The second-order valence-electron chi connectivity index (χ2n) is 4.42. The Hall–Kier alpha value is -2.64. The van der Waals surface area contributed by atoms with Crippen molar-refractivity contribution in [2.24, 2.45) is 11.8 Å². The first-order valence-electron chi connectivity index (χ1n) is 5.80. The Morgan fingerprint density at radius 1 is 1.45 bits per heavy atom. The Balaban J connectivity index is 2.12. The van der Waals surface area contributed by atoms with Crippen LogP contribution < -0.4 is 10.1 Å². The summed E-state index contributed by atoms with van der Waals surface area (Å²) in [6.45, 7) is 0. The Bertz CT molecular complexity index is 585. The molecular formula is C12H12N2O6. The SMILES string of the molecule is COc1cc([N+](=O)[O-])ccc1NC(=O)C1CC1C(=O)O. The average molecular weight is 280 g/mol. The normalized spacial score (nSPS) is 20.1. The molecule has 2 rings (SSSR count). The number of anilines is 1. The Morgan fingerprint density at radius 3 is 2.65 bits per heavy atom. The predicted molar refractivity (Wildman–Crippen MR) is 67.5 cm³/mol. The minimum Gasteiger partial charge on any atom is -0.494 e. The number of carbonyl (C=O) groups is 2. The van der Waals surface area contributed by atoms with Gasteiger partial charge in [0.1, 0.15) is 5.75 Å². The number of amides is 1. The van der Waals surface area contributed by atoms with E-state index < -0.39 is 28.6 Å². The van der Waals surface area contributed by atoms with Crippen LogP contribution in [0.4, 0.5) is 11.4 Å². The lowest BCUT2D eigenvalue weighted by atomic mass is 10.2. The second kappa shape index (κ2) is 5.16. The van der Waals surface area contributed by atoms with Crippen LogP contribution in [-0.4, -0.2) is 29.0 Å². The zero-order chi connectivity index (χ0) is 14.9. The van der Waals surface area contributed by atoms with Gasteiger partial charge in [0.15, 0.2) is 0 Å². The predicted octanol–water partition coefficient (Wildman–Crippen LogP) is 1.26. The van der Waals surface area contributed by atoms with E-state index in [9.17, 15) is 19.7 Å². The molecule has 0 saturated heterocycles. The summed E-state index contributed by atoms with van der Waals surface area (Å²) in [5.41, 5.74) is 0.119. The van der Waals surface area contributed by atoms with Gasteiger partial charge in [0.05, 0.1) is 35.6 Å². The highest BCUT2D eigenvalue weighted by molar-refractivity contribution is 5.99. The molecule has 0 bridgehead atoms. The topological polar surface area (TPSA) is 119 Å². The fraction of sp³-hybridized carbons (Fsp3) is 0.333. The maximum atomic E-state index is 11.8. The summed E-state index contributed by atoms with van der Waals surface area (Å²) in [5.74, 6) is -2.49. The van der Waals surface area contributed by atoms with Crippen molar-refractivity contribution in [2.45, 2.75) is 6.42 Å². The molecule has 1 amide bonds. The van der Waals surface area contributed by atoms with Crippen molar-refractivity contribution in [3.8, 4) is 5.75 Å². The summed E-state index contributed by atoms with van der Waals surface area (Å²) in [6, 6.07) is 3.78. The average Bonchev–Trinajstić information content (AvgIpc) is 3.19. The van der Waals surface area contributed by atoms with Gasteiger partial charge < -0.3 is 15.2 Å². The van der Waals surface area contributed by atoms with E-state index >= 15 is 0 Å². The number of hydrogen-bond acceptors (Lipinski definition) is 5. The van der Waals surface area contributed by atoms with Crippen molar-refractivity contribution in [2.75, 3.05) is 12.4 Å². The highest BCUT2D eigenvalue weighted by Gasteiger charge is 2.48. The molecule has 1 aromatic rings. The Kier molecular flexibility index (Phi) is 3.55. The van der Waals surface area contributed by atoms with E-state index in [4.69, 9.17) is 9.84 Å². The van der Waals surface area contributed by atoms with Crippen molar-refractivity contribution in [3.05, 3.63) is 28.3 Å². The largest absolute Gasteiger partial charge is 0.494 e. The van der Waals surface area contributed by atoms with Gasteiger partial charge in [-0.1, -0.05) is 0 Å². The number of nitrogens with zero attached hydrogens (tertiary/aromatic N) is 1. The Labute approximate surface area is 113 Å². The highest BCUT2D eigenvalue weighted by atomic mass is 16.6. The molecule has 0 spiro atoms. The molecule has 0 aliphatic heterocycles. The summed E-state index contributed by atoms with van der Waals surface area (Å²) in [4.78, 5) is 32.6. The third-order valence-electron chi connectivity index (χ3n) is 3.10. The van der Waals surface area contributed by atoms with Gasteiger partial charge in [-0.15, -0.1) is 0 Å². The van der Waals surface area contributed by atoms with Gasteiger partial charge in [-0.2, -0.15) is 0 Å². The molecule has 1 aromatic carbocycles. The number of aliphatic carboxylic acids is 1. The van der Waals surface area contributed by atoms with E-state index in [1.54, 1.807) is 0 Å². The van der Waals surface area contributed by atoms with Crippen LogP contribution in [0.3, 0.4) is 0 Å². The number of carboxylic acid groups (broad SMARTS) is 1. The summed E-state index contributed by atoms with van der Waals surface area (Å²) < 4.78 is 4.98. The maximum Gasteiger partial charge on any atom is 0.307 e. The monoisotopic (exact) mass is 280 g/mol. The standard InChI is InChI=1S/C12H12N2O6/c1-20-10-4-6(14(18)19)2-3-9(10)13-11(15)7-5-8(7)12(16)17/h2-4,7-8H,5H2,1H3,(H,13,15)(H,16,17). The molecule has 2 N–H and O–H groups in total. The first-order chi connectivity index (χ1) is 9.43.